The van der Waals surface area contributed by atoms with E-state index in [4.69, 9.17) is 0 Å². The Morgan fingerprint density at radius 3 is 0.688 bits per heavy atom. The molecule has 0 unspecified atom stereocenters. The molecule has 0 atom stereocenters. The van der Waals surface area contributed by atoms with Crippen LogP contribution in [0.3, 0.4) is 0 Å². The lowest BCUT2D eigenvalue weighted by molar-refractivity contribution is 1.70. The molecule has 0 spiro atoms. The predicted molar refractivity (Wildman–Crippen MR) is 206 cm³/mol. The fraction of sp³-hybridized carbons (Fsp3) is 0. The molecule has 0 fully saturated rings. The summed E-state index contributed by atoms with van der Waals surface area (Å²) in [5.41, 5.74) is 10.9. The highest BCUT2D eigenvalue weighted by Gasteiger charge is 2.28. The van der Waals surface area contributed by atoms with Crippen LogP contribution < -0.4 is 0 Å². The Kier molecular flexibility index (Phi) is 3.53. The van der Waals surface area contributed by atoms with Crippen molar-refractivity contribution in [1.29, 1.82) is 0 Å². The standard InChI is InChI=1S/C48H22/c1-2-6-24-23(5-1)27-9-13-31-33-15-19-37-41-21-39-35-17-11-29-25-7-3-4-8-26(25)30-12-18-36(47(35)44(29)30)40(39)22-42(41)38-20-16-34(46(33)48(37)38)32-14-10-28(24)43(27)45(31)32/h1-22H. The van der Waals surface area contributed by atoms with Crippen molar-refractivity contribution in [3.63, 3.8) is 0 Å². The van der Waals surface area contributed by atoms with Crippen molar-refractivity contribution < 1.29 is 0 Å². The van der Waals surface area contributed by atoms with E-state index in [-0.39, 0.29) is 0 Å². The molecule has 0 saturated heterocycles. The van der Waals surface area contributed by atoms with E-state index in [0.717, 1.165) is 0 Å². The molecule has 2 aliphatic rings. The molecule has 2 aliphatic carbocycles. The van der Waals surface area contributed by atoms with E-state index < -0.39 is 0 Å². The average Bonchev–Trinajstić information content (AvgIpc) is 3.85. The van der Waals surface area contributed by atoms with Gasteiger partial charge in [-0.1, -0.05) is 121 Å². The van der Waals surface area contributed by atoms with Crippen molar-refractivity contribution in [2.24, 2.45) is 0 Å². The zero-order chi connectivity index (χ0) is 30.6. The molecule has 214 valence electrons. The summed E-state index contributed by atoms with van der Waals surface area (Å²) in [5.74, 6) is 0. The zero-order valence-electron chi connectivity index (χ0n) is 25.7. The first-order valence-electron chi connectivity index (χ1n) is 17.0. The van der Waals surface area contributed by atoms with Gasteiger partial charge in [0.05, 0.1) is 0 Å². The molecule has 12 aromatic carbocycles. The van der Waals surface area contributed by atoms with Gasteiger partial charge in [-0.2, -0.15) is 0 Å². The van der Waals surface area contributed by atoms with E-state index in [1.807, 2.05) is 0 Å². The molecule has 0 N–H and O–H groups in total. The molecule has 14 rings (SSSR count). The Labute approximate surface area is 274 Å². The Hall–Kier alpha value is -6.24. The molecule has 0 heteroatoms. The summed E-state index contributed by atoms with van der Waals surface area (Å²) >= 11 is 0. The highest BCUT2D eigenvalue weighted by atomic mass is 14.3. The normalized spacial score (nSPS) is 13.4. The van der Waals surface area contributed by atoms with Gasteiger partial charge in [0.1, 0.15) is 0 Å². The maximum Gasteiger partial charge on any atom is -0.00139 e. The summed E-state index contributed by atoms with van der Waals surface area (Å²) in [4.78, 5) is 0. The van der Waals surface area contributed by atoms with Gasteiger partial charge in [0.25, 0.3) is 0 Å². The van der Waals surface area contributed by atoms with Gasteiger partial charge >= 0.3 is 0 Å². The van der Waals surface area contributed by atoms with Gasteiger partial charge in [0.15, 0.2) is 0 Å². The van der Waals surface area contributed by atoms with E-state index in [1.54, 1.807) is 0 Å². The molecule has 12 aromatic rings. The van der Waals surface area contributed by atoms with Crippen LogP contribution >= 0.6 is 0 Å². The number of fused-ring (bicyclic) bond motifs is 14. The largest absolute Gasteiger partial charge is 0.0616 e. The Morgan fingerprint density at radius 1 is 0.167 bits per heavy atom. The van der Waals surface area contributed by atoms with Crippen molar-refractivity contribution in [1.82, 2.24) is 0 Å². The minimum atomic E-state index is 1.36. The summed E-state index contributed by atoms with van der Waals surface area (Å²) < 4.78 is 0. The van der Waals surface area contributed by atoms with Gasteiger partial charge in [-0.25, -0.2) is 0 Å². The Balaban J connectivity index is 1.13. The van der Waals surface area contributed by atoms with Gasteiger partial charge in [0, 0.05) is 0 Å². The second kappa shape index (κ2) is 7.33. The topological polar surface area (TPSA) is 0 Å². The van der Waals surface area contributed by atoms with Crippen molar-refractivity contribution in [3.05, 3.63) is 133 Å². The van der Waals surface area contributed by atoms with E-state index in [2.05, 4.69) is 133 Å². The maximum atomic E-state index is 2.51. The fourth-order valence-electron chi connectivity index (χ4n) is 10.6. The van der Waals surface area contributed by atoms with Gasteiger partial charge in [-0.15, -0.1) is 0 Å². The van der Waals surface area contributed by atoms with Crippen LogP contribution in [0, 0.1) is 0 Å². The van der Waals surface area contributed by atoms with Crippen molar-refractivity contribution in [3.8, 4) is 44.5 Å². The van der Waals surface area contributed by atoms with Crippen LogP contribution in [0.1, 0.15) is 0 Å². The highest BCUT2D eigenvalue weighted by Crippen LogP contribution is 2.56. The lowest BCUT2D eigenvalue weighted by atomic mass is 9.87. The lowest BCUT2D eigenvalue weighted by Crippen LogP contribution is -1.87. The van der Waals surface area contributed by atoms with Gasteiger partial charge in [-0.05, 0) is 154 Å². The fourth-order valence-corrected chi connectivity index (χ4v) is 10.6. The summed E-state index contributed by atoms with van der Waals surface area (Å²) in [6.45, 7) is 0. The summed E-state index contributed by atoms with van der Waals surface area (Å²) in [6.07, 6.45) is 0. The highest BCUT2D eigenvalue weighted by molar-refractivity contribution is 6.45. The third kappa shape index (κ3) is 2.28. The van der Waals surface area contributed by atoms with Crippen LogP contribution in [0.15, 0.2) is 133 Å². The number of hydrogen-bond donors (Lipinski definition) is 0. The molecule has 0 nitrogen and oxygen atoms in total. The lowest BCUT2D eigenvalue weighted by Gasteiger charge is -2.16. The number of benzene rings is 10. The predicted octanol–water partition coefficient (Wildman–Crippen LogP) is 13.7. The minimum Gasteiger partial charge on any atom is -0.0616 e. The van der Waals surface area contributed by atoms with Crippen LogP contribution in [0.2, 0.25) is 0 Å². The second-order valence-electron chi connectivity index (χ2n) is 14.2. The van der Waals surface area contributed by atoms with Crippen LogP contribution in [0.25, 0.3) is 141 Å². The summed E-state index contributed by atoms with van der Waals surface area (Å²) in [7, 11) is 0. The molecule has 0 aromatic heterocycles. The molecule has 0 heterocycles. The van der Waals surface area contributed by atoms with E-state index in [9.17, 15) is 0 Å². The maximum absolute atomic E-state index is 2.51. The smallest absolute Gasteiger partial charge is 0.00139 e. The zero-order valence-corrected chi connectivity index (χ0v) is 25.7. The van der Waals surface area contributed by atoms with Crippen LogP contribution in [0.4, 0.5) is 0 Å². The second-order valence-corrected chi connectivity index (χ2v) is 14.2. The van der Waals surface area contributed by atoms with Gasteiger partial charge < -0.3 is 0 Å². The Bertz CT molecular complexity index is 3270. The molecule has 0 radical (unpaired) electrons. The third-order valence-electron chi connectivity index (χ3n) is 12.4. The molecule has 0 aliphatic heterocycles. The SMILES string of the molecule is c1ccc2c(c1)-c1ccc3c4cc5c(cc4c4ccc-2c1c34)c1ccc2c3ccc4c6c(ccc(c7ccc5c1c72)c63)-c1ccccc1-4. The van der Waals surface area contributed by atoms with Crippen LogP contribution in [-0.2, 0) is 0 Å². The Morgan fingerprint density at radius 2 is 0.396 bits per heavy atom. The third-order valence-corrected chi connectivity index (χ3v) is 12.4. The summed E-state index contributed by atoms with van der Waals surface area (Å²) in [5, 5.41) is 24.9. The number of hydrogen-bond acceptors (Lipinski definition) is 0. The first-order chi connectivity index (χ1) is 23.8. The van der Waals surface area contributed by atoms with E-state index >= 15 is 0 Å². The first-order valence-corrected chi connectivity index (χ1v) is 17.0. The van der Waals surface area contributed by atoms with Crippen molar-refractivity contribution in [2.45, 2.75) is 0 Å². The average molecular weight is 599 g/mol. The van der Waals surface area contributed by atoms with Crippen LogP contribution in [-0.4, -0.2) is 0 Å². The monoisotopic (exact) mass is 598 g/mol. The van der Waals surface area contributed by atoms with Crippen molar-refractivity contribution >= 4 is 97.0 Å². The summed E-state index contributed by atoms with van der Waals surface area (Å²) in [6, 6.07) is 51.5. The van der Waals surface area contributed by atoms with Crippen LogP contribution in [0.5, 0.6) is 0 Å². The quantitative estimate of drug-likeness (QED) is 0.120. The number of rotatable bonds is 0. The minimum absolute atomic E-state index is 1.36. The molecular weight excluding hydrogens is 577 g/mol. The molecule has 0 saturated carbocycles. The van der Waals surface area contributed by atoms with E-state index in [1.165, 1.54) is 141 Å². The molecule has 0 bridgehead atoms. The molecule has 48 heavy (non-hydrogen) atoms. The molecule has 0 amide bonds. The van der Waals surface area contributed by atoms with Gasteiger partial charge in [-0.3, -0.25) is 0 Å². The molecular formula is C48H22. The van der Waals surface area contributed by atoms with Crippen molar-refractivity contribution in [2.75, 3.05) is 0 Å². The van der Waals surface area contributed by atoms with E-state index in [0.29, 0.717) is 0 Å². The van der Waals surface area contributed by atoms with Gasteiger partial charge in [0.2, 0.25) is 0 Å². The first kappa shape index (κ1) is 23.1.